The summed E-state index contributed by atoms with van der Waals surface area (Å²) in [5.74, 6) is -0.171. The summed E-state index contributed by atoms with van der Waals surface area (Å²) in [6.45, 7) is 4.50. The molecule has 0 aliphatic rings. The molecule has 2 N–H and O–H groups in total. The second kappa shape index (κ2) is 6.97. The van der Waals surface area contributed by atoms with Gasteiger partial charge in [0.05, 0.1) is 6.10 Å². The fourth-order valence-corrected chi connectivity index (χ4v) is 2.85. The molecule has 1 aromatic heterocycles. The number of halogens is 1. The molecule has 1 aromatic carbocycles. The van der Waals surface area contributed by atoms with Crippen molar-refractivity contribution >= 4 is 11.3 Å². The zero-order valence-corrected chi connectivity index (χ0v) is 12.6. The summed E-state index contributed by atoms with van der Waals surface area (Å²) >= 11 is 1.57. The Bertz CT molecular complexity index is 541. The van der Waals surface area contributed by atoms with Crippen LogP contribution in [0.3, 0.4) is 0 Å². The lowest BCUT2D eigenvalue weighted by Crippen LogP contribution is -2.27. The maximum absolute atomic E-state index is 13.2. The Morgan fingerprint density at radius 3 is 2.80 bits per heavy atom. The third kappa shape index (κ3) is 4.13. The zero-order chi connectivity index (χ0) is 14.5. The molecule has 0 spiro atoms. The third-order valence-corrected chi connectivity index (χ3v) is 4.30. The van der Waals surface area contributed by atoms with E-state index in [1.807, 2.05) is 30.5 Å². The van der Waals surface area contributed by atoms with E-state index in [2.05, 4.69) is 5.32 Å². The van der Waals surface area contributed by atoms with Crippen molar-refractivity contribution in [3.63, 3.8) is 0 Å². The Hall–Kier alpha value is -1.23. The van der Waals surface area contributed by atoms with E-state index in [0.717, 1.165) is 10.4 Å². The molecule has 0 aliphatic carbocycles. The number of aliphatic hydroxyl groups excluding tert-OH is 1. The highest BCUT2D eigenvalue weighted by molar-refractivity contribution is 7.10. The molecule has 2 aromatic rings. The predicted molar refractivity (Wildman–Crippen MR) is 81.3 cm³/mol. The lowest BCUT2D eigenvalue weighted by atomic mass is 10.1. The minimum atomic E-state index is -0.424. The van der Waals surface area contributed by atoms with Gasteiger partial charge in [-0.1, -0.05) is 18.2 Å². The Kier molecular flexibility index (Phi) is 5.29. The van der Waals surface area contributed by atoms with E-state index in [-0.39, 0.29) is 11.9 Å². The fraction of sp³-hybridized carbons (Fsp3) is 0.375. The van der Waals surface area contributed by atoms with Crippen LogP contribution in [0.4, 0.5) is 4.39 Å². The number of nitrogens with one attached hydrogen (secondary N) is 1. The summed E-state index contributed by atoms with van der Waals surface area (Å²) in [5.41, 5.74) is 1.72. The number of hydrogen-bond donors (Lipinski definition) is 2. The first-order valence-electron chi connectivity index (χ1n) is 6.76. The topological polar surface area (TPSA) is 32.3 Å². The molecular formula is C16H20FNOS. The molecule has 0 saturated heterocycles. The van der Waals surface area contributed by atoms with Crippen LogP contribution >= 0.6 is 11.3 Å². The van der Waals surface area contributed by atoms with Crippen LogP contribution < -0.4 is 5.32 Å². The molecule has 108 valence electrons. The molecule has 2 unspecified atom stereocenters. The Balaban J connectivity index is 1.82. The van der Waals surface area contributed by atoms with Crippen LogP contribution in [0.1, 0.15) is 35.5 Å². The van der Waals surface area contributed by atoms with E-state index >= 15 is 0 Å². The third-order valence-electron chi connectivity index (χ3n) is 3.33. The number of benzene rings is 1. The molecule has 0 saturated carbocycles. The summed E-state index contributed by atoms with van der Waals surface area (Å²) in [6, 6.07) is 9.23. The highest BCUT2D eigenvalue weighted by atomic mass is 32.1. The Morgan fingerprint density at radius 2 is 2.15 bits per heavy atom. The van der Waals surface area contributed by atoms with Gasteiger partial charge in [0, 0.05) is 17.5 Å². The number of hydrogen-bond acceptors (Lipinski definition) is 3. The molecule has 0 amide bonds. The van der Waals surface area contributed by atoms with Crippen LogP contribution in [0, 0.1) is 12.7 Å². The van der Waals surface area contributed by atoms with E-state index in [0.29, 0.717) is 18.5 Å². The highest BCUT2D eigenvalue weighted by Gasteiger charge is 2.13. The lowest BCUT2D eigenvalue weighted by Gasteiger charge is -2.17. The van der Waals surface area contributed by atoms with E-state index in [1.165, 1.54) is 6.07 Å². The average Bonchev–Trinajstić information content (AvgIpc) is 2.94. The second-order valence-corrected chi connectivity index (χ2v) is 6.11. The molecular weight excluding hydrogens is 273 g/mol. The van der Waals surface area contributed by atoms with E-state index in [4.69, 9.17) is 0 Å². The molecule has 20 heavy (non-hydrogen) atoms. The van der Waals surface area contributed by atoms with E-state index < -0.39 is 6.10 Å². The molecule has 0 radical (unpaired) electrons. The van der Waals surface area contributed by atoms with E-state index in [1.54, 1.807) is 24.3 Å². The van der Waals surface area contributed by atoms with Crippen molar-refractivity contribution in [3.05, 3.63) is 57.5 Å². The molecule has 2 nitrogen and oxygen atoms in total. The summed E-state index contributed by atoms with van der Waals surface area (Å²) in [6.07, 6.45) is 0.244. The van der Waals surface area contributed by atoms with Gasteiger partial charge in [0.15, 0.2) is 0 Å². The van der Waals surface area contributed by atoms with Gasteiger partial charge in [0.25, 0.3) is 0 Å². The van der Waals surface area contributed by atoms with Gasteiger partial charge in [0.2, 0.25) is 0 Å². The fourth-order valence-electron chi connectivity index (χ4n) is 2.12. The largest absolute Gasteiger partial charge is 0.388 e. The standard InChI is InChI=1S/C16H20FNOS/c1-11-8-13(5-6-14(11)17)10-18-12(2)9-15(19)16-4-3-7-20-16/h3-8,12,15,18-19H,9-10H2,1-2H3. The smallest absolute Gasteiger partial charge is 0.126 e. The molecule has 2 rings (SSSR count). The minimum Gasteiger partial charge on any atom is -0.388 e. The Morgan fingerprint density at radius 1 is 1.35 bits per heavy atom. The van der Waals surface area contributed by atoms with Gasteiger partial charge in [-0.25, -0.2) is 4.39 Å². The van der Waals surface area contributed by atoms with Crippen molar-refractivity contribution in [2.24, 2.45) is 0 Å². The number of thiophene rings is 1. The van der Waals surface area contributed by atoms with Gasteiger partial charge in [-0.2, -0.15) is 0 Å². The van der Waals surface area contributed by atoms with Crippen molar-refractivity contribution in [1.29, 1.82) is 0 Å². The average molecular weight is 293 g/mol. The van der Waals surface area contributed by atoms with Crippen LogP contribution in [0.2, 0.25) is 0 Å². The summed E-state index contributed by atoms with van der Waals surface area (Å²) in [4.78, 5) is 0.997. The summed E-state index contributed by atoms with van der Waals surface area (Å²) in [7, 11) is 0. The van der Waals surface area contributed by atoms with Gasteiger partial charge in [-0.15, -0.1) is 11.3 Å². The van der Waals surface area contributed by atoms with Crippen molar-refractivity contribution in [2.75, 3.05) is 0 Å². The quantitative estimate of drug-likeness (QED) is 0.849. The summed E-state index contributed by atoms with van der Waals surface area (Å²) in [5, 5.41) is 15.4. The monoisotopic (exact) mass is 293 g/mol. The van der Waals surface area contributed by atoms with Crippen LogP contribution in [0.25, 0.3) is 0 Å². The molecule has 0 bridgehead atoms. The molecule has 0 aliphatic heterocycles. The van der Waals surface area contributed by atoms with Crippen molar-refractivity contribution in [1.82, 2.24) is 5.32 Å². The number of aryl methyl sites for hydroxylation is 1. The molecule has 0 fully saturated rings. The van der Waals surface area contributed by atoms with Gasteiger partial charge in [-0.3, -0.25) is 0 Å². The van der Waals surface area contributed by atoms with Crippen LogP contribution in [0.15, 0.2) is 35.7 Å². The summed E-state index contributed by atoms with van der Waals surface area (Å²) < 4.78 is 13.2. The normalized spacial score (nSPS) is 14.2. The van der Waals surface area contributed by atoms with Crippen molar-refractivity contribution < 1.29 is 9.50 Å². The molecule has 1 heterocycles. The van der Waals surface area contributed by atoms with Gasteiger partial charge < -0.3 is 10.4 Å². The van der Waals surface area contributed by atoms with Gasteiger partial charge >= 0.3 is 0 Å². The van der Waals surface area contributed by atoms with Crippen LogP contribution in [-0.2, 0) is 6.54 Å². The maximum atomic E-state index is 13.2. The zero-order valence-electron chi connectivity index (χ0n) is 11.8. The van der Waals surface area contributed by atoms with E-state index in [9.17, 15) is 9.50 Å². The second-order valence-electron chi connectivity index (χ2n) is 5.13. The maximum Gasteiger partial charge on any atom is 0.126 e. The van der Waals surface area contributed by atoms with Crippen LogP contribution in [-0.4, -0.2) is 11.1 Å². The first kappa shape index (κ1) is 15.2. The minimum absolute atomic E-state index is 0.171. The van der Waals surface area contributed by atoms with Crippen LogP contribution in [0.5, 0.6) is 0 Å². The number of aliphatic hydroxyl groups is 1. The SMILES string of the molecule is Cc1cc(CNC(C)CC(O)c2cccs2)ccc1F. The van der Waals surface area contributed by atoms with Gasteiger partial charge in [-0.05, 0) is 48.9 Å². The number of rotatable bonds is 6. The van der Waals surface area contributed by atoms with Gasteiger partial charge in [0.1, 0.15) is 5.82 Å². The first-order chi connectivity index (χ1) is 9.56. The lowest BCUT2D eigenvalue weighted by molar-refractivity contribution is 0.157. The van der Waals surface area contributed by atoms with Crippen molar-refractivity contribution in [2.45, 2.75) is 39.0 Å². The Labute approximate surface area is 123 Å². The first-order valence-corrected chi connectivity index (χ1v) is 7.64. The predicted octanol–water partition coefficient (Wildman–Crippen LogP) is 3.80. The molecule has 2 atom stereocenters. The van der Waals surface area contributed by atoms with Crippen molar-refractivity contribution in [3.8, 4) is 0 Å². The molecule has 4 heteroatoms. The highest BCUT2D eigenvalue weighted by Crippen LogP contribution is 2.22.